The maximum atomic E-state index is 6.39. The second-order valence-electron chi connectivity index (χ2n) is 6.39. The van der Waals surface area contributed by atoms with Crippen LogP contribution in [0.3, 0.4) is 0 Å². The van der Waals surface area contributed by atoms with Gasteiger partial charge in [0.2, 0.25) is 0 Å². The molecule has 2 heteroatoms. The summed E-state index contributed by atoms with van der Waals surface area (Å²) in [5.41, 5.74) is 8.66. The Balaban J connectivity index is 2.04. The Kier molecular flexibility index (Phi) is 5.62. The van der Waals surface area contributed by atoms with Crippen LogP contribution in [0, 0.1) is 12.8 Å². The highest BCUT2D eigenvalue weighted by atomic mass is 16.5. The number of ether oxygens (including phenoxy) is 1. The topological polar surface area (TPSA) is 35.2 Å². The summed E-state index contributed by atoms with van der Waals surface area (Å²) in [4.78, 5) is 0. The van der Waals surface area contributed by atoms with Crippen molar-refractivity contribution in [1.29, 1.82) is 0 Å². The standard InChI is InChI=1S/C18H29NO/c1-4-15-6-5-7-17(12-15)20-18(14(3)19)16-10-8-13(2)9-11-16/h8-11,14-15,17-18H,4-7,12,19H2,1-3H3. The lowest BCUT2D eigenvalue weighted by Crippen LogP contribution is -2.32. The van der Waals surface area contributed by atoms with Gasteiger partial charge in [0.15, 0.2) is 0 Å². The molecule has 1 aromatic rings. The van der Waals surface area contributed by atoms with Gasteiger partial charge in [-0.25, -0.2) is 0 Å². The lowest BCUT2D eigenvalue weighted by Gasteiger charge is -2.33. The molecule has 0 aromatic heterocycles. The van der Waals surface area contributed by atoms with Crippen LogP contribution in [0.15, 0.2) is 24.3 Å². The number of nitrogens with two attached hydrogens (primary N) is 1. The van der Waals surface area contributed by atoms with Crippen LogP contribution in [0.1, 0.15) is 63.2 Å². The van der Waals surface area contributed by atoms with Crippen LogP contribution in [0.4, 0.5) is 0 Å². The number of hydrogen-bond donors (Lipinski definition) is 1. The van der Waals surface area contributed by atoms with E-state index < -0.39 is 0 Å². The van der Waals surface area contributed by atoms with Gasteiger partial charge in [0, 0.05) is 6.04 Å². The van der Waals surface area contributed by atoms with Gasteiger partial charge in [-0.15, -0.1) is 0 Å². The molecule has 0 spiro atoms. The number of rotatable bonds is 5. The highest BCUT2D eigenvalue weighted by Gasteiger charge is 2.26. The van der Waals surface area contributed by atoms with E-state index in [2.05, 4.69) is 38.1 Å². The third kappa shape index (κ3) is 4.07. The molecule has 4 atom stereocenters. The van der Waals surface area contributed by atoms with E-state index in [1.165, 1.54) is 43.2 Å². The molecule has 4 unspecified atom stereocenters. The van der Waals surface area contributed by atoms with E-state index >= 15 is 0 Å². The van der Waals surface area contributed by atoms with Gasteiger partial charge in [-0.05, 0) is 38.2 Å². The van der Waals surface area contributed by atoms with Gasteiger partial charge < -0.3 is 10.5 Å². The van der Waals surface area contributed by atoms with Gasteiger partial charge in [-0.2, -0.15) is 0 Å². The van der Waals surface area contributed by atoms with Crippen LogP contribution in [0.25, 0.3) is 0 Å². The van der Waals surface area contributed by atoms with Crippen molar-refractivity contribution in [3.8, 4) is 0 Å². The lowest BCUT2D eigenvalue weighted by molar-refractivity contribution is -0.0508. The van der Waals surface area contributed by atoms with Crippen molar-refractivity contribution >= 4 is 0 Å². The van der Waals surface area contributed by atoms with Gasteiger partial charge in [-0.1, -0.05) is 56.0 Å². The molecule has 0 saturated heterocycles. The second kappa shape index (κ2) is 7.24. The van der Waals surface area contributed by atoms with E-state index in [4.69, 9.17) is 10.5 Å². The minimum Gasteiger partial charge on any atom is -0.369 e. The molecule has 0 aliphatic heterocycles. The number of aryl methyl sites for hydroxylation is 1. The predicted octanol–water partition coefficient (Wildman–Crippen LogP) is 4.37. The molecular weight excluding hydrogens is 246 g/mol. The van der Waals surface area contributed by atoms with Crippen molar-refractivity contribution in [1.82, 2.24) is 0 Å². The summed E-state index contributed by atoms with van der Waals surface area (Å²) in [7, 11) is 0. The Morgan fingerprint density at radius 1 is 1.25 bits per heavy atom. The fraction of sp³-hybridized carbons (Fsp3) is 0.667. The average molecular weight is 275 g/mol. The van der Waals surface area contributed by atoms with Gasteiger partial charge in [-0.3, -0.25) is 0 Å². The molecule has 2 N–H and O–H groups in total. The predicted molar refractivity (Wildman–Crippen MR) is 84.7 cm³/mol. The molecule has 1 saturated carbocycles. The zero-order valence-electron chi connectivity index (χ0n) is 13.1. The van der Waals surface area contributed by atoms with Crippen molar-refractivity contribution < 1.29 is 4.74 Å². The SMILES string of the molecule is CCC1CCCC(OC(c2ccc(C)cc2)C(C)N)C1. The summed E-state index contributed by atoms with van der Waals surface area (Å²) in [5.74, 6) is 0.834. The van der Waals surface area contributed by atoms with E-state index in [0.29, 0.717) is 6.10 Å². The highest BCUT2D eigenvalue weighted by molar-refractivity contribution is 5.24. The van der Waals surface area contributed by atoms with Crippen LogP contribution in [-0.4, -0.2) is 12.1 Å². The van der Waals surface area contributed by atoms with Crippen LogP contribution in [0.5, 0.6) is 0 Å². The lowest BCUT2D eigenvalue weighted by atomic mass is 9.85. The van der Waals surface area contributed by atoms with Gasteiger partial charge in [0.05, 0.1) is 12.2 Å². The summed E-state index contributed by atoms with van der Waals surface area (Å²) in [6, 6.07) is 8.63. The Bertz CT molecular complexity index is 398. The van der Waals surface area contributed by atoms with E-state index in [9.17, 15) is 0 Å². The van der Waals surface area contributed by atoms with Gasteiger partial charge >= 0.3 is 0 Å². The monoisotopic (exact) mass is 275 g/mol. The van der Waals surface area contributed by atoms with E-state index in [1.54, 1.807) is 0 Å². The van der Waals surface area contributed by atoms with E-state index in [1.807, 2.05) is 6.92 Å². The first-order chi connectivity index (χ1) is 9.60. The third-order valence-corrected chi connectivity index (χ3v) is 4.53. The van der Waals surface area contributed by atoms with Crippen LogP contribution in [0.2, 0.25) is 0 Å². The zero-order valence-corrected chi connectivity index (χ0v) is 13.1. The van der Waals surface area contributed by atoms with Crippen LogP contribution in [-0.2, 0) is 4.74 Å². The van der Waals surface area contributed by atoms with Crippen molar-refractivity contribution in [3.63, 3.8) is 0 Å². The normalized spacial score (nSPS) is 26.2. The molecule has 1 aliphatic carbocycles. The summed E-state index contributed by atoms with van der Waals surface area (Å²) in [5, 5.41) is 0. The fourth-order valence-corrected chi connectivity index (χ4v) is 3.21. The zero-order chi connectivity index (χ0) is 14.5. The molecule has 112 valence electrons. The highest BCUT2D eigenvalue weighted by Crippen LogP contribution is 2.32. The number of hydrogen-bond acceptors (Lipinski definition) is 2. The van der Waals surface area contributed by atoms with Crippen molar-refractivity contribution in [2.45, 2.75) is 71.1 Å². The van der Waals surface area contributed by atoms with Crippen molar-refractivity contribution in [2.24, 2.45) is 11.7 Å². The summed E-state index contributed by atoms with van der Waals surface area (Å²) >= 11 is 0. The summed E-state index contributed by atoms with van der Waals surface area (Å²) < 4.78 is 6.39. The number of benzene rings is 1. The fourth-order valence-electron chi connectivity index (χ4n) is 3.21. The Hall–Kier alpha value is -0.860. The maximum absolute atomic E-state index is 6.39. The molecule has 0 bridgehead atoms. The molecule has 2 nitrogen and oxygen atoms in total. The summed E-state index contributed by atoms with van der Waals surface area (Å²) in [6.45, 7) is 6.44. The first-order valence-corrected chi connectivity index (χ1v) is 8.07. The van der Waals surface area contributed by atoms with Crippen molar-refractivity contribution in [2.75, 3.05) is 0 Å². The third-order valence-electron chi connectivity index (χ3n) is 4.53. The molecule has 0 radical (unpaired) electrons. The van der Waals surface area contributed by atoms with Crippen LogP contribution < -0.4 is 5.73 Å². The van der Waals surface area contributed by atoms with Crippen molar-refractivity contribution in [3.05, 3.63) is 35.4 Å². The van der Waals surface area contributed by atoms with Crippen LogP contribution >= 0.6 is 0 Å². The molecule has 2 rings (SSSR count). The largest absolute Gasteiger partial charge is 0.369 e. The molecule has 1 aliphatic rings. The second-order valence-corrected chi connectivity index (χ2v) is 6.39. The molecule has 1 fully saturated rings. The van der Waals surface area contributed by atoms with Gasteiger partial charge in [0.25, 0.3) is 0 Å². The van der Waals surface area contributed by atoms with E-state index in [0.717, 1.165) is 5.92 Å². The Labute approximate surface area is 123 Å². The quantitative estimate of drug-likeness (QED) is 0.866. The molecule has 1 aromatic carbocycles. The summed E-state index contributed by atoms with van der Waals surface area (Å²) in [6.07, 6.45) is 6.72. The molecule has 0 heterocycles. The maximum Gasteiger partial charge on any atom is 0.0976 e. The minimum atomic E-state index is 0.0243. The molecule has 20 heavy (non-hydrogen) atoms. The Morgan fingerprint density at radius 3 is 2.55 bits per heavy atom. The molecular formula is C18H29NO. The Morgan fingerprint density at radius 2 is 1.95 bits per heavy atom. The minimum absolute atomic E-state index is 0.0243. The first kappa shape index (κ1) is 15.5. The molecule has 0 amide bonds. The average Bonchev–Trinajstić information content (AvgIpc) is 2.46. The van der Waals surface area contributed by atoms with Gasteiger partial charge in [0.1, 0.15) is 0 Å². The van der Waals surface area contributed by atoms with E-state index in [-0.39, 0.29) is 12.1 Å². The smallest absolute Gasteiger partial charge is 0.0976 e. The first-order valence-electron chi connectivity index (χ1n) is 8.07.